The van der Waals surface area contributed by atoms with Crippen molar-refractivity contribution in [2.24, 2.45) is 0 Å². The van der Waals surface area contributed by atoms with Crippen LogP contribution in [-0.4, -0.2) is 33.4 Å². The predicted octanol–water partition coefficient (Wildman–Crippen LogP) is 6.22. The third-order valence-electron chi connectivity index (χ3n) is 4.49. The lowest BCUT2D eigenvalue weighted by Gasteiger charge is -2.14. The molecule has 0 saturated heterocycles. The van der Waals surface area contributed by atoms with Crippen LogP contribution in [0.4, 0.5) is 0 Å². The van der Waals surface area contributed by atoms with Crippen LogP contribution in [0.15, 0.2) is 30.3 Å². The molecule has 0 atom stereocenters. The van der Waals surface area contributed by atoms with Crippen LogP contribution in [-0.2, 0) is 0 Å². The van der Waals surface area contributed by atoms with E-state index in [0.29, 0.717) is 17.2 Å². The minimum absolute atomic E-state index is 0. The van der Waals surface area contributed by atoms with Gasteiger partial charge in [-0.05, 0) is 55.1 Å². The number of hydrogen-bond donors (Lipinski definition) is 0. The fourth-order valence-corrected chi connectivity index (χ4v) is 3.20. The van der Waals surface area contributed by atoms with Crippen LogP contribution in [0.2, 0.25) is 0 Å². The van der Waals surface area contributed by atoms with Crippen molar-refractivity contribution < 1.29 is 18.9 Å². The molecule has 0 bridgehead atoms. The van der Waals surface area contributed by atoms with E-state index in [-0.39, 0.29) is 7.43 Å². The third-order valence-corrected chi connectivity index (χ3v) is 4.49. The zero-order valence-corrected chi connectivity index (χ0v) is 18.0. The molecule has 2 aromatic carbocycles. The number of fused-ring (bicyclic) bond motifs is 1. The van der Waals surface area contributed by atoms with Crippen molar-refractivity contribution in [1.82, 2.24) is 4.98 Å². The molecule has 1 heterocycles. The number of aromatic nitrogens is 1. The Morgan fingerprint density at radius 2 is 1.28 bits per heavy atom. The Morgan fingerprint density at radius 1 is 0.690 bits per heavy atom. The van der Waals surface area contributed by atoms with Crippen LogP contribution >= 0.6 is 0 Å². The van der Waals surface area contributed by atoms with Crippen LogP contribution < -0.4 is 18.9 Å². The summed E-state index contributed by atoms with van der Waals surface area (Å²) in [6.45, 7) is 7.98. The molecular weight excluding hydrogens is 366 g/mol. The molecule has 0 aliphatic rings. The van der Waals surface area contributed by atoms with E-state index in [4.69, 9.17) is 23.9 Å². The first-order chi connectivity index (χ1) is 13.5. The van der Waals surface area contributed by atoms with E-state index in [9.17, 15) is 0 Å². The van der Waals surface area contributed by atoms with Crippen molar-refractivity contribution in [2.45, 2.75) is 35.1 Å². The molecule has 5 nitrogen and oxygen atoms in total. The number of methoxy groups -OCH3 is 4. The highest BCUT2D eigenvalue weighted by Gasteiger charge is 2.14. The van der Waals surface area contributed by atoms with Gasteiger partial charge in [-0.15, -0.1) is 0 Å². The Bertz CT molecular complexity index is 967. The van der Waals surface area contributed by atoms with Crippen LogP contribution in [0.3, 0.4) is 0 Å². The van der Waals surface area contributed by atoms with E-state index in [0.717, 1.165) is 39.0 Å². The average Bonchev–Trinajstić information content (AvgIpc) is 2.73. The molecule has 0 unspecified atom stereocenters. The Labute approximate surface area is 174 Å². The molecule has 0 amide bonds. The quantitative estimate of drug-likeness (QED) is 0.510. The lowest BCUT2D eigenvalue weighted by atomic mass is 10.0. The maximum atomic E-state index is 5.47. The SMILES string of the molecule is C.CC.COc1cc2cc(-c3cc(C)c(OC)c(OC)c3)nc(C)c2cc1OC. The van der Waals surface area contributed by atoms with Crippen molar-refractivity contribution in [3.05, 3.63) is 41.6 Å². The molecule has 0 spiro atoms. The van der Waals surface area contributed by atoms with E-state index in [1.165, 1.54) is 0 Å². The lowest BCUT2D eigenvalue weighted by molar-refractivity contribution is 0.353. The standard InChI is InChI=1S/C21H23NO4.C2H6.CH4/c1-12-7-15(10-20(25-5)21(12)26-6)17-8-14-9-18(23-3)19(24-4)11-16(14)13(2)22-17;1-2;/h7-11H,1-6H3;1-2H3;1H4. The van der Waals surface area contributed by atoms with Crippen molar-refractivity contribution in [2.75, 3.05) is 28.4 Å². The summed E-state index contributed by atoms with van der Waals surface area (Å²) in [5, 5.41) is 2.07. The first kappa shape index (κ1) is 24.1. The Balaban J connectivity index is 0.00000136. The summed E-state index contributed by atoms with van der Waals surface area (Å²) in [4.78, 5) is 4.78. The zero-order valence-electron chi connectivity index (χ0n) is 18.0. The van der Waals surface area contributed by atoms with Gasteiger partial charge in [0.15, 0.2) is 23.0 Å². The molecule has 1 aromatic heterocycles. The van der Waals surface area contributed by atoms with Gasteiger partial charge in [0.1, 0.15) is 0 Å². The molecule has 0 aliphatic heterocycles. The first-order valence-electron chi connectivity index (χ1n) is 9.28. The molecule has 0 N–H and O–H groups in total. The molecule has 0 radical (unpaired) electrons. The minimum atomic E-state index is 0. The van der Waals surface area contributed by atoms with Crippen molar-refractivity contribution in [3.8, 4) is 34.3 Å². The second-order valence-electron chi connectivity index (χ2n) is 6.05. The summed E-state index contributed by atoms with van der Waals surface area (Å²) >= 11 is 0. The molecule has 0 saturated carbocycles. The maximum Gasteiger partial charge on any atom is 0.163 e. The fraction of sp³-hybridized carbons (Fsp3) is 0.375. The van der Waals surface area contributed by atoms with Gasteiger partial charge < -0.3 is 18.9 Å². The van der Waals surface area contributed by atoms with E-state index in [2.05, 4.69) is 6.07 Å². The summed E-state index contributed by atoms with van der Waals surface area (Å²) < 4.78 is 21.7. The number of pyridine rings is 1. The van der Waals surface area contributed by atoms with Gasteiger partial charge in [-0.1, -0.05) is 21.3 Å². The maximum absolute atomic E-state index is 5.47. The summed E-state index contributed by atoms with van der Waals surface area (Å²) in [6, 6.07) is 9.97. The predicted molar refractivity (Wildman–Crippen MR) is 121 cm³/mol. The van der Waals surface area contributed by atoms with Crippen LogP contribution in [0.25, 0.3) is 22.0 Å². The number of rotatable bonds is 5. The van der Waals surface area contributed by atoms with Gasteiger partial charge in [0, 0.05) is 16.6 Å². The second kappa shape index (κ2) is 10.6. The number of hydrogen-bond acceptors (Lipinski definition) is 5. The van der Waals surface area contributed by atoms with Gasteiger partial charge in [-0.2, -0.15) is 0 Å². The molecule has 5 heteroatoms. The summed E-state index contributed by atoms with van der Waals surface area (Å²) in [5.41, 5.74) is 3.76. The van der Waals surface area contributed by atoms with Gasteiger partial charge in [-0.25, -0.2) is 0 Å². The third kappa shape index (κ3) is 4.73. The number of benzene rings is 2. The highest BCUT2D eigenvalue weighted by Crippen LogP contribution is 2.38. The Kier molecular flexibility index (Phi) is 8.77. The van der Waals surface area contributed by atoms with Crippen LogP contribution in [0.1, 0.15) is 32.5 Å². The summed E-state index contributed by atoms with van der Waals surface area (Å²) in [7, 11) is 6.55. The summed E-state index contributed by atoms with van der Waals surface area (Å²) in [5.74, 6) is 2.81. The monoisotopic (exact) mass is 399 g/mol. The largest absolute Gasteiger partial charge is 0.493 e. The van der Waals surface area contributed by atoms with Crippen LogP contribution in [0, 0.1) is 13.8 Å². The normalized spacial score (nSPS) is 9.79. The van der Waals surface area contributed by atoms with Gasteiger partial charge in [0.25, 0.3) is 0 Å². The van der Waals surface area contributed by atoms with Gasteiger partial charge in [0.2, 0.25) is 0 Å². The second-order valence-corrected chi connectivity index (χ2v) is 6.05. The van der Waals surface area contributed by atoms with Gasteiger partial charge in [0.05, 0.1) is 34.1 Å². The average molecular weight is 400 g/mol. The highest BCUT2D eigenvalue weighted by molar-refractivity contribution is 5.90. The Hall–Kier alpha value is -2.95. The fourth-order valence-electron chi connectivity index (χ4n) is 3.20. The van der Waals surface area contributed by atoms with Crippen molar-refractivity contribution in [3.63, 3.8) is 0 Å². The Morgan fingerprint density at radius 3 is 1.83 bits per heavy atom. The number of aryl methyl sites for hydroxylation is 2. The molecule has 158 valence electrons. The molecule has 3 rings (SSSR count). The van der Waals surface area contributed by atoms with Crippen molar-refractivity contribution >= 4 is 10.8 Å². The minimum Gasteiger partial charge on any atom is -0.493 e. The van der Waals surface area contributed by atoms with Gasteiger partial charge in [-0.3, -0.25) is 4.98 Å². The van der Waals surface area contributed by atoms with E-state index in [1.807, 2.05) is 52.0 Å². The molecule has 0 fully saturated rings. The zero-order chi connectivity index (χ0) is 20.8. The topological polar surface area (TPSA) is 49.8 Å². The smallest absolute Gasteiger partial charge is 0.163 e. The van der Waals surface area contributed by atoms with Gasteiger partial charge >= 0.3 is 0 Å². The molecule has 0 aliphatic carbocycles. The van der Waals surface area contributed by atoms with E-state index in [1.54, 1.807) is 28.4 Å². The number of nitrogens with zero attached hydrogens (tertiary/aromatic N) is 1. The van der Waals surface area contributed by atoms with Crippen LogP contribution in [0.5, 0.6) is 23.0 Å². The molecule has 3 aromatic rings. The number of ether oxygens (including phenoxy) is 4. The first-order valence-corrected chi connectivity index (χ1v) is 9.28. The molecular formula is C24H33NO4. The summed E-state index contributed by atoms with van der Waals surface area (Å²) in [6.07, 6.45) is 0. The van der Waals surface area contributed by atoms with Crippen molar-refractivity contribution in [1.29, 1.82) is 0 Å². The highest BCUT2D eigenvalue weighted by atomic mass is 16.5. The lowest BCUT2D eigenvalue weighted by Crippen LogP contribution is -1.97. The van der Waals surface area contributed by atoms with E-state index < -0.39 is 0 Å². The van der Waals surface area contributed by atoms with E-state index >= 15 is 0 Å². The molecule has 29 heavy (non-hydrogen) atoms.